The molecule has 0 radical (unpaired) electrons. The zero-order chi connectivity index (χ0) is 33.5. The van der Waals surface area contributed by atoms with Crippen molar-refractivity contribution in [3.8, 4) is 5.75 Å². The predicted octanol–water partition coefficient (Wildman–Crippen LogP) is 1.44. The Balaban J connectivity index is 1.64. The van der Waals surface area contributed by atoms with Crippen molar-refractivity contribution in [3.63, 3.8) is 0 Å². The zero-order valence-corrected chi connectivity index (χ0v) is 25.1. The van der Waals surface area contributed by atoms with Gasteiger partial charge < -0.3 is 36.0 Å². The van der Waals surface area contributed by atoms with Gasteiger partial charge in [-0.3, -0.25) is 24.1 Å². The number of rotatable bonds is 4. The number of halogens is 3. The minimum atomic E-state index is -4.40. The number of carbonyl (C=O) groups is 4. The molecule has 0 aromatic heterocycles. The van der Waals surface area contributed by atoms with Gasteiger partial charge in [-0.2, -0.15) is 13.2 Å². The summed E-state index contributed by atoms with van der Waals surface area (Å²) >= 11 is 0. The van der Waals surface area contributed by atoms with Crippen molar-refractivity contribution in [2.45, 2.75) is 43.5 Å². The molecule has 0 spiro atoms. The number of amides is 2. The summed E-state index contributed by atoms with van der Waals surface area (Å²) in [5.74, 6) is -10.5. The first-order chi connectivity index (χ1) is 20.8. The second kappa shape index (κ2) is 10.8. The van der Waals surface area contributed by atoms with E-state index in [0.29, 0.717) is 11.3 Å². The molecule has 2 fully saturated rings. The molecule has 3 aliphatic carbocycles. The molecular weight excluding hydrogens is 601 g/mol. The highest BCUT2D eigenvalue weighted by atomic mass is 19.4. The second-order valence-corrected chi connectivity index (χ2v) is 12.6. The second-order valence-electron chi connectivity index (χ2n) is 12.6. The lowest BCUT2D eigenvalue weighted by Crippen LogP contribution is -2.65. The number of ketones is 2. The lowest BCUT2D eigenvalue weighted by atomic mass is 9.57. The molecule has 4 aliphatic rings. The van der Waals surface area contributed by atoms with Crippen LogP contribution in [0.2, 0.25) is 0 Å². The Labute approximate surface area is 256 Å². The number of nitrogens with zero attached hydrogens (tertiary/aromatic N) is 3. The first kappa shape index (κ1) is 32.3. The Morgan fingerprint density at radius 3 is 2.18 bits per heavy atom. The first-order valence-corrected chi connectivity index (χ1v) is 14.4. The Hall–Kier alpha value is -4.11. The summed E-state index contributed by atoms with van der Waals surface area (Å²) in [5, 5.41) is 45.8. The number of likely N-dealkylation sites (N-methyl/N-ethyl adjacent to an activating group) is 1. The summed E-state index contributed by atoms with van der Waals surface area (Å²) in [5.41, 5.74) is 1.39. The predicted molar refractivity (Wildman–Crippen MR) is 153 cm³/mol. The van der Waals surface area contributed by atoms with Crippen LogP contribution in [0.5, 0.6) is 5.75 Å². The van der Waals surface area contributed by atoms with Crippen LogP contribution in [-0.4, -0.2) is 113 Å². The number of aromatic hydroxyl groups is 1. The van der Waals surface area contributed by atoms with Gasteiger partial charge in [-0.1, -0.05) is 0 Å². The van der Waals surface area contributed by atoms with E-state index in [1.807, 2.05) is 0 Å². The van der Waals surface area contributed by atoms with Crippen LogP contribution in [0.3, 0.4) is 0 Å². The Bertz CT molecular complexity index is 1580. The lowest BCUT2D eigenvalue weighted by molar-refractivity contribution is -0.183. The van der Waals surface area contributed by atoms with Crippen LogP contribution in [0.15, 0.2) is 23.0 Å². The highest BCUT2D eigenvalue weighted by Gasteiger charge is 2.64. The van der Waals surface area contributed by atoms with Gasteiger partial charge in [0.25, 0.3) is 11.8 Å². The van der Waals surface area contributed by atoms with E-state index in [2.05, 4.69) is 0 Å². The molecule has 5 rings (SSSR count). The van der Waals surface area contributed by atoms with Crippen molar-refractivity contribution < 1.29 is 52.8 Å². The molecule has 1 saturated heterocycles. The average Bonchev–Trinajstić information content (AvgIpc) is 2.93. The summed E-state index contributed by atoms with van der Waals surface area (Å²) in [6.45, 7) is -0.420. The number of primary amides is 1. The van der Waals surface area contributed by atoms with Gasteiger partial charge in [-0.05, 0) is 57.3 Å². The molecule has 2 amide bonds. The van der Waals surface area contributed by atoms with Gasteiger partial charge in [0.15, 0.2) is 11.4 Å². The number of aliphatic hydroxyl groups is 3. The topological polar surface area (TPSA) is 185 Å². The van der Waals surface area contributed by atoms with E-state index < -0.39 is 81.8 Å². The molecule has 1 heterocycles. The minimum absolute atomic E-state index is 0.0149. The third-order valence-corrected chi connectivity index (χ3v) is 9.65. The van der Waals surface area contributed by atoms with E-state index in [1.54, 1.807) is 19.0 Å². The van der Waals surface area contributed by atoms with Crippen LogP contribution in [0, 0.1) is 17.8 Å². The van der Waals surface area contributed by atoms with E-state index in [4.69, 9.17) is 5.73 Å². The molecule has 1 aliphatic heterocycles. The van der Waals surface area contributed by atoms with Crippen LogP contribution >= 0.6 is 0 Å². The van der Waals surface area contributed by atoms with Gasteiger partial charge in [0.2, 0.25) is 5.78 Å². The molecule has 1 aromatic carbocycles. The monoisotopic (exact) mass is 636 g/mol. The third-order valence-electron chi connectivity index (χ3n) is 9.65. The molecule has 15 heteroatoms. The number of likely N-dealkylation sites (tertiary alicyclic amines) is 1. The summed E-state index contributed by atoms with van der Waals surface area (Å²) in [6.07, 6.45) is -5.11. The average molecular weight is 637 g/mol. The fourth-order valence-corrected chi connectivity index (χ4v) is 7.43. The summed E-state index contributed by atoms with van der Waals surface area (Å²) in [4.78, 5) is 57.3. The summed E-state index contributed by atoms with van der Waals surface area (Å²) in [6, 6.07) is 0.150. The van der Waals surface area contributed by atoms with Gasteiger partial charge in [0.1, 0.15) is 22.8 Å². The van der Waals surface area contributed by atoms with Gasteiger partial charge in [-0.25, -0.2) is 0 Å². The van der Waals surface area contributed by atoms with Crippen LogP contribution in [0.25, 0.3) is 5.76 Å². The molecule has 1 aromatic rings. The number of alkyl halides is 3. The maximum atomic E-state index is 14.1. The van der Waals surface area contributed by atoms with Crippen LogP contribution in [0.4, 0.5) is 18.9 Å². The molecule has 6 N–H and O–H groups in total. The molecule has 1 unspecified atom stereocenters. The minimum Gasteiger partial charge on any atom is -0.508 e. The number of nitrogens with two attached hydrogens (primary N) is 1. The number of piperidine rings is 1. The van der Waals surface area contributed by atoms with Crippen LogP contribution in [0.1, 0.15) is 40.7 Å². The number of hydrogen-bond donors (Lipinski definition) is 5. The molecule has 0 bridgehead atoms. The number of fused-ring (bicyclic) bond motifs is 3. The van der Waals surface area contributed by atoms with Crippen molar-refractivity contribution >= 4 is 34.8 Å². The SMILES string of the molecule is CN(C)c1cc(C(=O)N2CCC(C(F)(F)F)CC2)c(O)c2c1CC1C[C@H]3[C@H](N(C)C)C(=O)C(C(N)=O)=C(O)[C@@]3(O)C(=O)C1=C2O. The fraction of sp³-hybridized carbons (Fsp3) is 0.533. The lowest BCUT2D eigenvalue weighted by Gasteiger charge is -2.50. The van der Waals surface area contributed by atoms with Crippen molar-refractivity contribution in [3.05, 3.63) is 39.7 Å². The number of aliphatic hydroxyl groups excluding tert-OH is 2. The Morgan fingerprint density at radius 1 is 1.07 bits per heavy atom. The van der Waals surface area contributed by atoms with Gasteiger partial charge in [0.05, 0.1) is 23.1 Å². The van der Waals surface area contributed by atoms with Gasteiger partial charge in [0, 0.05) is 44.4 Å². The number of phenols is 1. The number of anilines is 1. The number of Topliss-reactive ketones (excluding diaryl/α,β-unsaturated/α-hetero) is 2. The van der Waals surface area contributed by atoms with Crippen molar-refractivity contribution in [2.75, 3.05) is 46.2 Å². The largest absolute Gasteiger partial charge is 0.508 e. The van der Waals surface area contributed by atoms with E-state index >= 15 is 0 Å². The maximum Gasteiger partial charge on any atom is 0.391 e. The highest BCUT2D eigenvalue weighted by Crippen LogP contribution is 2.54. The summed E-state index contributed by atoms with van der Waals surface area (Å²) < 4.78 is 39.6. The molecule has 12 nitrogen and oxygen atoms in total. The number of carbonyl (C=O) groups excluding carboxylic acids is 4. The fourth-order valence-electron chi connectivity index (χ4n) is 7.43. The molecule has 244 valence electrons. The zero-order valence-electron chi connectivity index (χ0n) is 25.1. The van der Waals surface area contributed by atoms with Gasteiger partial charge in [-0.15, -0.1) is 0 Å². The Kier molecular flexibility index (Phi) is 7.72. The standard InChI is InChI=1S/C30H35F3N4O8/c1-35(2)17-11-15(28(44)37-7-5-13(6-8-37)30(31,32)33)22(38)19-14(17)9-12-10-16-21(36(3)4)24(40)20(27(34)43)26(42)29(16,45)25(41)18(12)23(19)39/h11-13,16,21,38-39,42,45H,5-10H2,1-4H3,(H2,34,43)/t12?,16-,21-,29-/m0/s1. The molecule has 1 saturated carbocycles. The normalized spacial score (nSPS) is 27.4. The highest BCUT2D eigenvalue weighted by molar-refractivity contribution is 6.24. The van der Waals surface area contributed by atoms with Crippen molar-refractivity contribution in [2.24, 2.45) is 23.5 Å². The molecule has 45 heavy (non-hydrogen) atoms. The van der Waals surface area contributed by atoms with E-state index in [1.165, 1.54) is 30.0 Å². The van der Waals surface area contributed by atoms with Crippen molar-refractivity contribution in [1.82, 2.24) is 9.80 Å². The van der Waals surface area contributed by atoms with E-state index in [0.717, 1.165) is 0 Å². The molecular formula is C30H35F3N4O8. The number of benzene rings is 1. The third kappa shape index (κ3) is 4.74. The quantitative estimate of drug-likeness (QED) is 0.303. The van der Waals surface area contributed by atoms with Crippen LogP contribution < -0.4 is 10.6 Å². The smallest absolute Gasteiger partial charge is 0.391 e. The van der Waals surface area contributed by atoms with E-state index in [9.17, 15) is 52.8 Å². The van der Waals surface area contributed by atoms with Crippen LogP contribution in [-0.2, 0) is 20.8 Å². The van der Waals surface area contributed by atoms with E-state index in [-0.39, 0.29) is 55.5 Å². The van der Waals surface area contributed by atoms with Gasteiger partial charge >= 0.3 is 6.18 Å². The first-order valence-electron chi connectivity index (χ1n) is 14.4. The number of phenolic OH excluding ortho intramolecular Hbond substituents is 1. The maximum absolute atomic E-state index is 14.1. The number of hydrogen-bond acceptors (Lipinski definition) is 10. The Morgan fingerprint density at radius 2 is 1.67 bits per heavy atom. The summed E-state index contributed by atoms with van der Waals surface area (Å²) in [7, 11) is 6.29. The van der Waals surface area contributed by atoms with Crippen molar-refractivity contribution in [1.29, 1.82) is 0 Å². The molecule has 4 atom stereocenters.